The van der Waals surface area contributed by atoms with Crippen molar-refractivity contribution in [1.82, 2.24) is 4.57 Å². The quantitative estimate of drug-likeness (QED) is 0.517. The van der Waals surface area contributed by atoms with Crippen LogP contribution in [0.4, 0.5) is 0 Å². The molecule has 0 fully saturated rings. The lowest BCUT2D eigenvalue weighted by atomic mass is 9.89. The summed E-state index contributed by atoms with van der Waals surface area (Å²) in [5.41, 5.74) is 3.32. The largest absolute Gasteiger partial charge is 0.308 e. The number of hydrogen-bond acceptors (Lipinski definition) is 3. The molecule has 6 heteroatoms. The Bertz CT molecular complexity index is 1120. The predicted octanol–water partition coefficient (Wildman–Crippen LogP) is 5.96. The molecule has 0 N–H and O–H groups in total. The summed E-state index contributed by atoms with van der Waals surface area (Å²) in [6.07, 6.45) is 4.54. The second-order valence-electron chi connectivity index (χ2n) is 7.65. The van der Waals surface area contributed by atoms with Crippen LogP contribution < -0.4 is 5.56 Å². The highest BCUT2D eigenvalue weighted by atomic mass is 35.5. The highest BCUT2D eigenvalue weighted by molar-refractivity contribution is 6.36. The fourth-order valence-corrected chi connectivity index (χ4v) is 4.55. The molecule has 1 aliphatic rings. The van der Waals surface area contributed by atoms with Crippen molar-refractivity contribution in [3.05, 3.63) is 90.8 Å². The van der Waals surface area contributed by atoms with Crippen LogP contribution in [0.5, 0.6) is 0 Å². The van der Waals surface area contributed by atoms with Gasteiger partial charge in [0.2, 0.25) is 0 Å². The second kappa shape index (κ2) is 9.15. The van der Waals surface area contributed by atoms with Crippen LogP contribution in [-0.2, 0) is 4.79 Å². The summed E-state index contributed by atoms with van der Waals surface area (Å²) in [5, 5.41) is 0.958. The molecule has 1 aromatic carbocycles. The monoisotopic (exact) mass is 443 g/mol. The molecule has 0 saturated carbocycles. The molecule has 0 amide bonds. The van der Waals surface area contributed by atoms with Gasteiger partial charge in [-0.2, -0.15) is 0 Å². The number of pyridine rings is 1. The Morgan fingerprint density at radius 3 is 2.40 bits per heavy atom. The summed E-state index contributed by atoms with van der Waals surface area (Å²) < 4.78 is 1.49. The molecule has 0 saturated heterocycles. The Morgan fingerprint density at radius 2 is 1.80 bits per heavy atom. The number of halogens is 2. The predicted molar refractivity (Wildman–Crippen MR) is 121 cm³/mol. The van der Waals surface area contributed by atoms with Crippen LogP contribution in [0, 0.1) is 0 Å². The van der Waals surface area contributed by atoms with E-state index in [9.17, 15) is 14.4 Å². The van der Waals surface area contributed by atoms with Crippen LogP contribution in [-0.4, -0.2) is 16.1 Å². The minimum atomic E-state index is -0.384. The molecule has 0 radical (unpaired) electrons. The summed E-state index contributed by atoms with van der Waals surface area (Å²) in [6.45, 7) is 5.65. The lowest BCUT2D eigenvalue weighted by Crippen LogP contribution is -2.24. The van der Waals surface area contributed by atoms with E-state index >= 15 is 0 Å². The molecule has 0 aliphatic heterocycles. The lowest BCUT2D eigenvalue weighted by Gasteiger charge is -2.18. The Balaban J connectivity index is 1.78. The van der Waals surface area contributed by atoms with Gasteiger partial charge in [0.25, 0.3) is 5.56 Å². The first-order chi connectivity index (χ1) is 14.2. The maximum absolute atomic E-state index is 12.7. The number of ketones is 2. The number of allylic oxidation sites excluding steroid dienone is 4. The van der Waals surface area contributed by atoms with Gasteiger partial charge in [-0.3, -0.25) is 14.4 Å². The SMILES string of the molecule is CC1=CC(C)=C(CCC(=O)c2ccn(C(C)c3c(Cl)cccc3Cl)c(=O)c2)C(=O)C1. The van der Waals surface area contributed by atoms with Crippen LogP contribution in [0.2, 0.25) is 10.0 Å². The van der Waals surface area contributed by atoms with Crippen molar-refractivity contribution in [3.8, 4) is 0 Å². The van der Waals surface area contributed by atoms with E-state index in [1.165, 1.54) is 10.6 Å². The molecule has 4 nitrogen and oxygen atoms in total. The van der Waals surface area contributed by atoms with Gasteiger partial charge in [0.15, 0.2) is 11.6 Å². The number of rotatable bonds is 6. The van der Waals surface area contributed by atoms with Gasteiger partial charge >= 0.3 is 0 Å². The minimum Gasteiger partial charge on any atom is -0.308 e. The third-order valence-corrected chi connectivity index (χ3v) is 6.08. The van der Waals surface area contributed by atoms with E-state index in [4.69, 9.17) is 23.2 Å². The summed E-state index contributed by atoms with van der Waals surface area (Å²) in [4.78, 5) is 37.6. The molecule has 1 atom stereocenters. The Labute approximate surface area is 185 Å². The van der Waals surface area contributed by atoms with Gasteiger partial charge in [-0.15, -0.1) is 0 Å². The first-order valence-corrected chi connectivity index (χ1v) is 10.5. The number of carbonyl (C=O) groups excluding carboxylic acids is 2. The maximum atomic E-state index is 12.7. The van der Waals surface area contributed by atoms with E-state index in [0.29, 0.717) is 39.6 Å². The molecule has 0 bridgehead atoms. The normalized spacial score (nSPS) is 15.2. The molecule has 156 valence electrons. The first kappa shape index (κ1) is 22.3. The van der Waals surface area contributed by atoms with Crippen LogP contribution in [0.1, 0.15) is 62.0 Å². The number of carbonyl (C=O) groups is 2. The van der Waals surface area contributed by atoms with Crippen LogP contribution >= 0.6 is 23.2 Å². The Morgan fingerprint density at radius 1 is 1.13 bits per heavy atom. The molecular weight excluding hydrogens is 421 g/mol. The second-order valence-corrected chi connectivity index (χ2v) is 8.46. The van der Waals surface area contributed by atoms with Gasteiger partial charge in [-0.1, -0.05) is 40.9 Å². The number of aromatic nitrogens is 1. The molecule has 1 aliphatic carbocycles. The van der Waals surface area contributed by atoms with Crippen molar-refractivity contribution in [3.63, 3.8) is 0 Å². The zero-order valence-electron chi connectivity index (χ0n) is 17.2. The van der Waals surface area contributed by atoms with Crippen LogP contribution in [0.3, 0.4) is 0 Å². The molecule has 1 unspecified atom stereocenters. The van der Waals surface area contributed by atoms with Crippen molar-refractivity contribution >= 4 is 34.8 Å². The van der Waals surface area contributed by atoms with Crippen LogP contribution in [0.25, 0.3) is 0 Å². The summed E-state index contributed by atoms with van der Waals surface area (Å²) >= 11 is 12.5. The average molecular weight is 444 g/mol. The van der Waals surface area contributed by atoms with Gasteiger partial charge in [-0.05, 0) is 56.5 Å². The van der Waals surface area contributed by atoms with E-state index in [1.807, 2.05) is 26.8 Å². The van der Waals surface area contributed by atoms with Gasteiger partial charge in [-0.25, -0.2) is 0 Å². The smallest absolute Gasteiger partial charge is 0.251 e. The highest BCUT2D eigenvalue weighted by Gasteiger charge is 2.20. The van der Waals surface area contributed by atoms with Crippen molar-refractivity contribution < 1.29 is 9.59 Å². The first-order valence-electron chi connectivity index (χ1n) is 9.78. The standard InChI is InChI=1S/C24H23Cl2NO3/c1-14-11-15(2)18(22(29)12-14)7-8-21(28)17-9-10-27(23(30)13-17)16(3)24-19(25)5-4-6-20(24)26/h4-6,9-11,13,16H,7-8,12H2,1-3H3. The number of Topliss-reactive ketones (excluding diaryl/α,β-unsaturated/α-hetero) is 2. The molecule has 3 rings (SSSR count). The average Bonchev–Trinajstić information content (AvgIpc) is 2.66. The van der Waals surface area contributed by atoms with Gasteiger partial charge < -0.3 is 4.57 Å². The zero-order valence-corrected chi connectivity index (χ0v) is 18.7. The Kier molecular flexibility index (Phi) is 6.79. The maximum Gasteiger partial charge on any atom is 0.251 e. The Hall–Kier alpha value is -2.43. The summed E-state index contributed by atoms with van der Waals surface area (Å²) in [6, 6.07) is 7.77. The molecule has 2 aromatic rings. The van der Waals surface area contributed by atoms with Gasteiger partial charge in [0.05, 0.1) is 6.04 Å². The fraction of sp³-hybridized carbons (Fsp3) is 0.292. The van der Waals surface area contributed by atoms with E-state index in [0.717, 1.165) is 11.1 Å². The molecule has 0 spiro atoms. The molecular formula is C24H23Cl2NO3. The number of benzene rings is 1. The third-order valence-electron chi connectivity index (χ3n) is 5.42. The minimum absolute atomic E-state index is 0.0705. The molecule has 1 heterocycles. The van der Waals surface area contributed by atoms with Crippen molar-refractivity contribution in [2.75, 3.05) is 0 Å². The zero-order chi connectivity index (χ0) is 22.0. The van der Waals surface area contributed by atoms with Crippen molar-refractivity contribution in [2.24, 2.45) is 0 Å². The van der Waals surface area contributed by atoms with E-state index in [1.54, 1.807) is 30.5 Å². The summed E-state index contributed by atoms with van der Waals surface area (Å²) in [7, 11) is 0. The van der Waals surface area contributed by atoms with Crippen LogP contribution in [0.15, 0.2) is 64.1 Å². The van der Waals surface area contributed by atoms with E-state index < -0.39 is 0 Å². The summed E-state index contributed by atoms with van der Waals surface area (Å²) in [5.74, 6) is -0.0942. The van der Waals surface area contributed by atoms with Crippen molar-refractivity contribution in [2.45, 2.75) is 46.1 Å². The number of nitrogens with zero attached hydrogens (tertiary/aromatic N) is 1. The topological polar surface area (TPSA) is 56.1 Å². The fourth-order valence-electron chi connectivity index (χ4n) is 3.84. The van der Waals surface area contributed by atoms with Gasteiger partial charge in [0, 0.05) is 46.3 Å². The number of hydrogen-bond donors (Lipinski definition) is 0. The third kappa shape index (κ3) is 4.66. The van der Waals surface area contributed by atoms with Gasteiger partial charge in [0.1, 0.15) is 0 Å². The molecule has 1 aromatic heterocycles. The lowest BCUT2D eigenvalue weighted by molar-refractivity contribution is -0.115. The van der Waals surface area contributed by atoms with Crippen molar-refractivity contribution in [1.29, 1.82) is 0 Å². The van der Waals surface area contributed by atoms with E-state index in [-0.39, 0.29) is 29.6 Å². The molecule has 30 heavy (non-hydrogen) atoms. The van der Waals surface area contributed by atoms with E-state index in [2.05, 4.69) is 0 Å². The highest BCUT2D eigenvalue weighted by Crippen LogP contribution is 2.31.